The van der Waals surface area contributed by atoms with E-state index < -0.39 is 0 Å². The molecule has 0 radical (unpaired) electrons. The van der Waals surface area contributed by atoms with Crippen LogP contribution < -0.4 is 10.5 Å². The van der Waals surface area contributed by atoms with Gasteiger partial charge in [0.1, 0.15) is 6.10 Å². The predicted octanol–water partition coefficient (Wildman–Crippen LogP) is 3.33. The Morgan fingerprint density at radius 1 is 1.45 bits per heavy atom. The first-order chi connectivity index (χ1) is 9.58. The third kappa shape index (κ3) is 2.67. The molecule has 1 aromatic rings. The van der Waals surface area contributed by atoms with E-state index in [2.05, 4.69) is 0 Å². The van der Waals surface area contributed by atoms with E-state index in [9.17, 15) is 4.39 Å². The highest BCUT2D eigenvalue weighted by Gasteiger charge is 2.43. The second-order valence-corrected chi connectivity index (χ2v) is 6.10. The first kappa shape index (κ1) is 13.8. The summed E-state index contributed by atoms with van der Waals surface area (Å²) in [6.45, 7) is 2.55. The van der Waals surface area contributed by atoms with Gasteiger partial charge in [0, 0.05) is 18.9 Å². The summed E-state index contributed by atoms with van der Waals surface area (Å²) in [5.41, 5.74) is 6.56. The molecule has 1 saturated heterocycles. The van der Waals surface area contributed by atoms with Crippen molar-refractivity contribution >= 4 is 0 Å². The van der Waals surface area contributed by atoms with Crippen LogP contribution in [0.2, 0.25) is 0 Å². The molecule has 1 heterocycles. The van der Waals surface area contributed by atoms with Crippen LogP contribution in [0.15, 0.2) is 18.2 Å². The van der Waals surface area contributed by atoms with E-state index >= 15 is 0 Å². The molecule has 1 spiro atoms. The molecule has 0 amide bonds. The molecular formula is C16H22FNO2. The van der Waals surface area contributed by atoms with Gasteiger partial charge >= 0.3 is 0 Å². The van der Waals surface area contributed by atoms with Crippen LogP contribution in [0.5, 0.6) is 5.75 Å². The zero-order chi connectivity index (χ0) is 14.2. The van der Waals surface area contributed by atoms with Crippen LogP contribution in [-0.2, 0) is 4.74 Å². The van der Waals surface area contributed by atoms with Gasteiger partial charge in [-0.2, -0.15) is 0 Å². The molecule has 2 aliphatic rings. The Labute approximate surface area is 119 Å². The summed E-state index contributed by atoms with van der Waals surface area (Å²) < 4.78 is 25.8. The van der Waals surface area contributed by atoms with Gasteiger partial charge in [-0.15, -0.1) is 0 Å². The Morgan fingerprint density at radius 2 is 2.25 bits per heavy atom. The third-order valence-electron chi connectivity index (χ3n) is 4.49. The number of halogens is 1. The standard InChI is InChI=1S/C16H22FNO2/c1-11(18)12-3-4-15(14(17)9-12)20-13-5-8-19-16(10-13)6-2-7-16/h3-4,9,11,13H,2,5-8,10,18H2,1H3/t11-,13?/m0/s1. The highest BCUT2D eigenvalue weighted by Crippen LogP contribution is 2.43. The van der Waals surface area contributed by atoms with Gasteiger partial charge in [-0.05, 0) is 43.9 Å². The van der Waals surface area contributed by atoms with Crippen molar-refractivity contribution in [1.29, 1.82) is 0 Å². The van der Waals surface area contributed by atoms with E-state index in [0.29, 0.717) is 12.4 Å². The topological polar surface area (TPSA) is 44.5 Å². The number of nitrogens with two attached hydrogens (primary N) is 1. The van der Waals surface area contributed by atoms with Gasteiger partial charge in [0.15, 0.2) is 11.6 Å². The van der Waals surface area contributed by atoms with Crippen LogP contribution in [0.25, 0.3) is 0 Å². The van der Waals surface area contributed by atoms with Crippen molar-refractivity contribution in [1.82, 2.24) is 0 Å². The smallest absolute Gasteiger partial charge is 0.165 e. The van der Waals surface area contributed by atoms with Crippen molar-refractivity contribution in [2.45, 2.75) is 56.8 Å². The van der Waals surface area contributed by atoms with Crippen molar-refractivity contribution in [3.05, 3.63) is 29.6 Å². The fourth-order valence-corrected chi connectivity index (χ4v) is 3.08. The van der Waals surface area contributed by atoms with E-state index in [0.717, 1.165) is 31.2 Å². The molecule has 2 fully saturated rings. The molecule has 1 aromatic carbocycles. The summed E-state index contributed by atoms with van der Waals surface area (Å²) >= 11 is 0. The second-order valence-electron chi connectivity index (χ2n) is 6.10. The van der Waals surface area contributed by atoms with Gasteiger partial charge in [0.25, 0.3) is 0 Å². The van der Waals surface area contributed by atoms with Crippen molar-refractivity contribution in [3.63, 3.8) is 0 Å². The summed E-state index contributed by atoms with van der Waals surface area (Å²) in [6.07, 6.45) is 5.21. The fourth-order valence-electron chi connectivity index (χ4n) is 3.08. The molecule has 4 heteroatoms. The summed E-state index contributed by atoms with van der Waals surface area (Å²) in [7, 11) is 0. The first-order valence-corrected chi connectivity index (χ1v) is 7.44. The van der Waals surface area contributed by atoms with Crippen LogP contribution in [0, 0.1) is 5.82 Å². The molecule has 3 nitrogen and oxygen atoms in total. The minimum Gasteiger partial charge on any atom is -0.487 e. The van der Waals surface area contributed by atoms with Crippen LogP contribution in [-0.4, -0.2) is 18.3 Å². The zero-order valence-electron chi connectivity index (χ0n) is 11.9. The molecule has 0 aromatic heterocycles. The molecule has 1 saturated carbocycles. The van der Waals surface area contributed by atoms with Crippen LogP contribution in [0.4, 0.5) is 4.39 Å². The molecule has 2 N–H and O–H groups in total. The molecule has 110 valence electrons. The number of hydrogen-bond donors (Lipinski definition) is 1. The van der Waals surface area contributed by atoms with E-state index in [1.807, 2.05) is 13.0 Å². The van der Waals surface area contributed by atoms with Crippen molar-refractivity contribution < 1.29 is 13.9 Å². The van der Waals surface area contributed by atoms with Gasteiger partial charge in [-0.25, -0.2) is 4.39 Å². The Morgan fingerprint density at radius 3 is 2.85 bits per heavy atom. The number of ether oxygens (including phenoxy) is 2. The van der Waals surface area contributed by atoms with Gasteiger partial charge < -0.3 is 15.2 Å². The number of rotatable bonds is 3. The van der Waals surface area contributed by atoms with Crippen LogP contribution in [0.3, 0.4) is 0 Å². The average Bonchev–Trinajstić information content (AvgIpc) is 2.39. The van der Waals surface area contributed by atoms with Crippen molar-refractivity contribution in [2.24, 2.45) is 5.73 Å². The molecule has 20 heavy (non-hydrogen) atoms. The lowest BCUT2D eigenvalue weighted by Gasteiger charge is -2.46. The molecule has 3 rings (SSSR count). The Kier molecular flexibility index (Phi) is 3.69. The zero-order valence-corrected chi connectivity index (χ0v) is 11.9. The maximum atomic E-state index is 14.0. The third-order valence-corrected chi connectivity index (χ3v) is 4.49. The first-order valence-electron chi connectivity index (χ1n) is 7.44. The summed E-state index contributed by atoms with van der Waals surface area (Å²) in [5, 5.41) is 0. The number of hydrogen-bond acceptors (Lipinski definition) is 3. The normalized spacial score (nSPS) is 26.1. The van der Waals surface area contributed by atoms with Gasteiger partial charge in [0.05, 0.1) is 12.2 Å². The molecule has 1 unspecified atom stereocenters. The SMILES string of the molecule is C[C@H](N)c1ccc(OC2CCOC3(CCC3)C2)c(F)c1. The maximum Gasteiger partial charge on any atom is 0.165 e. The maximum absolute atomic E-state index is 14.0. The minimum atomic E-state index is -0.325. The molecular weight excluding hydrogens is 257 g/mol. The lowest BCUT2D eigenvalue weighted by Crippen LogP contribution is -2.48. The Bertz CT molecular complexity index is 485. The summed E-state index contributed by atoms with van der Waals surface area (Å²) in [5.74, 6) is 0.00437. The number of benzene rings is 1. The van der Waals surface area contributed by atoms with Crippen molar-refractivity contribution in [3.8, 4) is 5.75 Å². The quantitative estimate of drug-likeness (QED) is 0.923. The van der Waals surface area contributed by atoms with Crippen LogP contribution >= 0.6 is 0 Å². The molecule has 1 aliphatic heterocycles. The van der Waals surface area contributed by atoms with E-state index in [1.165, 1.54) is 12.5 Å². The second kappa shape index (κ2) is 5.34. The highest BCUT2D eigenvalue weighted by atomic mass is 19.1. The van der Waals surface area contributed by atoms with E-state index in [-0.39, 0.29) is 23.6 Å². The lowest BCUT2D eigenvalue weighted by molar-refractivity contribution is -0.153. The molecule has 1 aliphatic carbocycles. The van der Waals surface area contributed by atoms with E-state index in [4.69, 9.17) is 15.2 Å². The Balaban J connectivity index is 1.68. The van der Waals surface area contributed by atoms with Gasteiger partial charge in [-0.3, -0.25) is 0 Å². The predicted molar refractivity (Wildman–Crippen MR) is 75.2 cm³/mol. The van der Waals surface area contributed by atoms with Gasteiger partial charge in [-0.1, -0.05) is 6.07 Å². The minimum absolute atomic E-state index is 0.0190. The fraction of sp³-hybridized carbons (Fsp3) is 0.625. The van der Waals surface area contributed by atoms with E-state index in [1.54, 1.807) is 6.07 Å². The highest BCUT2D eigenvalue weighted by molar-refractivity contribution is 5.31. The largest absolute Gasteiger partial charge is 0.487 e. The summed E-state index contributed by atoms with van der Waals surface area (Å²) in [6, 6.07) is 4.83. The average molecular weight is 279 g/mol. The van der Waals surface area contributed by atoms with Crippen molar-refractivity contribution in [2.75, 3.05) is 6.61 Å². The van der Waals surface area contributed by atoms with Gasteiger partial charge in [0.2, 0.25) is 0 Å². The Hall–Kier alpha value is -1.13. The molecule has 2 atom stereocenters. The lowest BCUT2D eigenvalue weighted by atomic mass is 9.74. The monoisotopic (exact) mass is 279 g/mol. The van der Waals surface area contributed by atoms with Crippen LogP contribution in [0.1, 0.15) is 50.6 Å². The molecule has 0 bridgehead atoms. The summed E-state index contributed by atoms with van der Waals surface area (Å²) in [4.78, 5) is 0.